The molecule has 0 aromatic rings. The molecule has 0 aromatic carbocycles. The minimum Gasteiger partial charge on any atom is -0.313 e. The summed E-state index contributed by atoms with van der Waals surface area (Å²) in [5.74, 6) is 0. The van der Waals surface area contributed by atoms with Gasteiger partial charge < -0.3 is 5.32 Å². The van der Waals surface area contributed by atoms with Crippen molar-refractivity contribution in [2.75, 3.05) is 13.1 Å². The van der Waals surface area contributed by atoms with Crippen LogP contribution < -0.4 is 11.1 Å². The third kappa shape index (κ3) is 4.09. The molecule has 1 unspecified atom stereocenters. The van der Waals surface area contributed by atoms with E-state index in [2.05, 4.69) is 19.2 Å². The molecule has 0 spiro atoms. The van der Waals surface area contributed by atoms with Crippen LogP contribution in [-0.4, -0.2) is 19.1 Å². The van der Waals surface area contributed by atoms with Crippen LogP contribution in [-0.2, 0) is 0 Å². The summed E-state index contributed by atoms with van der Waals surface area (Å²) in [6, 6.07) is 0.584. The van der Waals surface area contributed by atoms with Crippen LogP contribution in [0.2, 0.25) is 0 Å². The van der Waals surface area contributed by atoms with Gasteiger partial charge in [-0.3, -0.25) is 5.73 Å². The molecule has 0 saturated heterocycles. The highest BCUT2D eigenvalue weighted by molar-refractivity contribution is 4.55. The van der Waals surface area contributed by atoms with E-state index in [0.29, 0.717) is 12.6 Å². The van der Waals surface area contributed by atoms with Gasteiger partial charge in [-0.15, -0.1) is 0 Å². The minimum atomic E-state index is 0.490. The lowest BCUT2D eigenvalue weighted by Gasteiger charge is -2.07. The molecule has 0 aliphatic carbocycles. The molecule has 2 nitrogen and oxygen atoms in total. The van der Waals surface area contributed by atoms with Crippen LogP contribution in [0.3, 0.4) is 0 Å². The second kappa shape index (κ2) is 5.06. The van der Waals surface area contributed by atoms with Crippen LogP contribution in [0.1, 0.15) is 20.3 Å². The molecule has 8 heavy (non-hydrogen) atoms. The van der Waals surface area contributed by atoms with Gasteiger partial charge in [0.25, 0.3) is 0 Å². The van der Waals surface area contributed by atoms with Crippen molar-refractivity contribution in [3.8, 4) is 0 Å². The van der Waals surface area contributed by atoms with E-state index in [4.69, 9.17) is 5.73 Å². The van der Waals surface area contributed by atoms with Gasteiger partial charge in [-0.25, -0.2) is 0 Å². The Hall–Kier alpha value is -0.0800. The lowest BCUT2D eigenvalue weighted by molar-refractivity contribution is 0.539. The van der Waals surface area contributed by atoms with Crippen molar-refractivity contribution in [2.45, 2.75) is 26.3 Å². The van der Waals surface area contributed by atoms with E-state index in [1.54, 1.807) is 0 Å². The van der Waals surface area contributed by atoms with Gasteiger partial charge in [0.2, 0.25) is 0 Å². The van der Waals surface area contributed by atoms with Crippen LogP contribution in [0.5, 0.6) is 0 Å². The van der Waals surface area contributed by atoms with Crippen molar-refractivity contribution in [3.05, 3.63) is 0 Å². The molecule has 0 saturated carbocycles. The number of hydrogen-bond acceptors (Lipinski definition) is 1. The van der Waals surface area contributed by atoms with Crippen LogP contribution in [0.25, 0.3) is 0 Å². The summed E-state index contributed by atoms with van der Waals surface area (Å²) in [6.07, 6.45) is 1.15. The third-order valence-electron chi connectivity index (χ3n) is 1.23. The smallest absolute Gasteiger partial charge is 0.0225 e. The fourth-order valence-corrected chi connectivity index (χ4v) is 0.463. The summed E-state index contributed by atoms with van der Waals surface area (Å²) in [5.41, 5.74) is 6.81. The van der Waals surface area contributed by atoms with Gasteiger partial charge in [0.15, 0.2) is 0 Å². The van der Waals surface area contributed by atoms with Crippen molar-refractivity contribution in [3.63, 3.8) is 0 Å². The van der Waals surface area contributed by atoms with E-state index in [1.165, 1.54) is 0 Å². The van der Waals surface area contributed by atoms with Crippen LogP contribution in [0.15, 0.2) is 0 Å². The lowest BCUT2D eigenvalue weighted by atomic mass is 10.3. The van der Waals surface area contributed by atoms with Crippen molar-refractivity contribution < 1.29 is 0 Å². The molecule has 1 radical (unpaired) electrons. The van der Waals surface area contributed by atoms with Crippen molar-refractivity contribution in [1.29, 1.82) is 0 Å². The van der Waals surface area contributed by atoms with Crippen LogP contribution >= 0.6 is 0 Å². The molecule has 0 aliphatic heterocycles. The summed E-state index contributed by atoms with van der Waals surface area (Å²) in [4.78, 5) is 0. The zero-order valence-corrected chi connectivity index (χ0v) is 5.70. The molecule has 0 fully saturated rings. The zero-order chi connectivity index (χ0) is 6.41. The topological polar surface area (TPSA) is 35.8 Å². The van der Waals surface area contributed by atoms with Crippen LogP contribution in [0.4, 0.5) is 0 Å². The van der Waals surface area contributed by atoms with Crippen LogP contribution in [0, 0.1) is 0 Å². The molecule has 0 rings (SSSR count). The molecular weight excluding hydrogens is 100 g/mol. The van der Waals surface area contributed by atoms with E-state index in [-0.39, 0.29) is 0 Å². The standard InChI is InChI=1S/C6H15N2/c1-3-6(2)8-5-4-7/h6-8H,3-5H2,1-2H3. The maximum atomic E-state index is 6.81. The first-order chi connectivity index (χ1) is 3.81. The Morgan fingerprint density at radius 3 is 2.62 bits per heavy atom. The summed E-state index contributed by atoms with van der Waals surface area (Å²) in [7, 11) is 0. The fourth-order valence-electron chi connectivity index (χ4n) is 0.463. The average molecular weight is 115 g/mol. The summed E-state index contributed by atoms with van der Waals surface area (Å²) in [6.45, 7) is 5.59. The Bertz CT molecular complexity index is 45.8. The van der Waals surface area contributed by atoms with E-state index >= 15 is 0 Å². The highest BCUT2D eigenvalue weighted by Gasteiger charge is 1.92. The molecular formula is C6H15N2. The third-order valence-corrected chi connectivity index (χ3v) is 1.23. The SMILES string of the molecule is CCC(C)NCC[NH]. The summed E-state index contributed by atoms with van der Waals surface area (Å²) >= 11 is 0. The number of hydrogen-bond donors (Lipinski definition) is 1. The maximum absolute atomic E-state index is 6.81. The van der Waals surface area contributed by atoms with Gasteiger partial charge >= 0.3 is 0 Å². The molecule has 0 amide bonds. The monoisotopic (exact) mass is 115 g/mol. The highest BCUT2D eigenvalue weighted by atomic mass is 14.9. The van der Waals surface area contributed by atoms with E-state index in [9.17, 15) is 0 Å². The lowest BCUT2D eigenvalue weighted by Crippen LogP contribution is -2.28. The first kappa shape index (κ1) is 7.92. The Labute approximate surface area is 51.5 Å². The van der Waals surface area contributed by atoms with E-state index < -0.39 is 0 Å². The van der Waals surface area contributed by atoms with Gasteiger partial charge in [0.1, 0.15) is 0 Å². The van der Waals surface area contributed by atoms with Gasteiger partial charge in [-0.2, -0.15) is 0 Å². The maximum Gasteiger partial charge on any atom is 0.0225 e. The van der Waals surface area contributed by atoms with Gasteiger partial charge in [0.05, 0.1) is 0 Å². The Kier molecular flexibility index (Phi) is 5.01. The van der Waals surface area contributed by atoms with Gasteiger partial charge in [-0.05, 0) is 13.3 Å². The fraction of sp³-hybridized carbons (Fsp3) is 1.00. The van der Waals surface area contributed by atoms with Crippen molar-refractivity contribution in [1.82, 2.24) is 11.1 Å². The molecule has 0 aromatic heterocycles. The molecule has 0 bridgehead atoms. The second-order valence-corrected chi connectivity index (χ2v) is 2.01. The predicted octanol–water partition coefficient (Wildman–Crippen LogP) is 0.657. The second-order valence-electron chi connectivity index (χ2n) is 2.01. The molecule has 49 valence electrons. The average Bonchev–Trinajstić information content (AvgIpc) is 1.83. The van der Waals surface area contributed by atoms with Crippen molar-refractivity contribution >= 4 is 0 Å². The normalized spacial score (nSPS) is 13.9. The van der Waals surface area contributed by atoms with Crippen molar-refractivity contribution in [2.24, 2.45) is 0 Å². The quantitative estimate of drug-likeness (QED) is 0.574. The molecule has 1 atom stereocenters. The highest BCUT2D eigenvalue weighted by Crippen LogP contribution is 1.84. The van der Waals surface area contributed by atoms with Gasteiger partial charge in [-0.1, -0.05) is 6.92 Å². The zero-order valence-electron chi connectivity index (χ0n) is 5.70. The van der Waals surface area contributed by atoms with E-state index in [1.807, 2.05) is 0 Å². The largest absolute Gasteiger partial charge is 0.313 e. The van der Waals surface area contributed by atoms with E-state index in [0.717, 1.165) is 13.0 Å². The number of rotatable bonds is 4. The Balaban J connectivity index is 2.86. The first-order valence-electron chi connectivity index (χ1n) is 3.19. The first-order valence-corrected chi connectivity index (χ1v) is 3.19. The number of nitrogens with one attached hydrogen (secondary N) is 2. The molecule has 0 heterocycles. The predicted molar refractivity (Wildman–Crippen MR) is 35.7 cm³/mol. The molecule has 0 aliphatic rings. The Morgan fingerprint density at radius 2 is 2.25 bits per heavy atom. The summed E-state index contributed by atoms with van der Waals surface area (Å²) < 4.78 is 0. The Morgan fingerprint density at radius 1 is 1.62 bits per heavy atom. The van der Waals surface area contributed by atoms with Gasteiger partial charge in [0, 0.05) is 19.1 Å². The minimum absolute atomic E-state index is 0.490. The molecule has 2 N–H and O–H groups in total. The summed E-state index contributed by atoms with van der Waals surface area (Å²) in [5, 5.41) is 3.19. The molecule has 2 heteroatoms.